The van der Waals surface area contributed by atoms with E-state index in [0.717, 1.165) is 11.1 Å². The molecule has 0 saturated carbocycles. The monoisotopic (exact) mass is 348 g/mol. The quantitative estimate of drug-likeness (QED) is 0.471. The summed E-state index contributed by atoms with van der Waals surface area (Å²) < 4.78 is 15.3. The van der Waals surface area contributed by atoms with Crippen molar-refractivity contribution in [2.24, 2.45) is 10.2 Å². The molecule has 0 bridgehead atoms. The lowest BCUT2D eigenvalue weighted by atomic mass is 10.1. The van der Waals surface area contributed by atoms with Gasteiger partial charge in [0, 0.05) is 17.0 Å². The zero-order valence-corrected chi connectivity index (χ0v) is 14.4. The van der Waals surface area contributed by atoms with Gasteiger partial charge in [0.15, 0.2) is 5.82 Å². The molecule has 6 heteroatoms. The van der Waals surface area contributed by atoms with Crippen LogP contribution in [-0.2, 0) is 0 Å². The van der Waals surface area contributed by atoms with E-state index < -0.39 is 0 Å². The molecule has 2 aromatic carbocycles. The van der Waals surface area contributed by atoms with Gasteiger partial charge in [-0.05, 0) is 30.2 Å². The van der Waals surface area contributed by atoms with Crippen LogP contribution >= 0.6 is 0 Å². The maximum Gasteiger partial charge on any atom is 0.183 e. The molecule has 0 aliphatic rings. The molecule has 0 atom stereocenters. The van der Waals surface area contributed by atoms with Crippen LogP contribution in [0.5, 0.6) is 5.75 Å². The van der Waals surface area contributed by atoms with Crippen LogP contribution in [0.3, 0.4) is 0 Å². The van der Waals surface area contributed by atoms with E-state index >= 15 is 0 Å². The summed E-state index contributed by atoms with van der Waals surface area (Å²) in [4.78, 5) is 4.54. The van der Waals surface area contributed by atoms with E-state index in [1.807, 2.05) is 38.1 Å². The van der Waals surface area contributed by atoms with Gasteiger partial charge in [-0.25, -0.2) is 9.37 Å². The highest BCUT2D eigenvalue weighted by Gasteiger charge is 2.15. The first-order valence-corrected chi connectivity index (χ1v) is 8.34. The van der Waals surface area contributed by atoms with Crippen molar-refractivity contribution in [3.8, 4) is 5.75 Å². The predicted molar refractivity (Wildman–Crippen MR) is 99.0 cm³/mol. The van der Waals surface area contributed by atoms with Crippen molar-refractivity contribution in [2.45, 2.75) is 19.8 Å². The number of imidazole rings is 1. The molecule has 2 heterocycles. The van der Waals surface area contributed by atoms with Gasteiger partial charge in [-0.1, -0.05) is 38.1 Å². The zero-order chi connectivity index (χ0) is 18.3. The van der Waals surface area contributed by atoms with Crippen LogP contribution in [0, 0.1) is 5.82 Å². The average Bonchev–Trinajstić information content (AvgIpc) is 2.98. The van der Waals surface area contributed by atoms with Gasteiger partial charge in [0.1, 0.15) is 17.2 Å². The normalized spacial score (nSPS) is 12.0. The lowest BCUT2D eigenvalue weighted by Crippen LogP contribution is -1.88. The van der Waals surface area contributed by atoms with Crippen LogP contribution in [0.1, 0.15) is 25.5 Å². The van der Waals surface area contributed by atoms with Gasteiger partial charge in [0.05, 0.1) is 11.4 Å². The second kappa shape index (κ2) is 6.22. The number of phenols is 1. The number of aromatic nitrogens is 2. The van der Waals surface area contributed by atoms with Crippen LogP contribution < -0.4 is 0 Å². The van der Waals surface area contributed by atoms with Crippen LogP contribution in [0.2, 0.25) is 0 Å². The molecule has 0 aliphatic carbocycles. The molecule has 0 fully saturated rings. The molecule has 0 saturated heterocycles. The Hall–Kier alpha value is -3.28. The first-order valence-electron chi connectivity index (χ1n) is 8.34. The lowest BCUT2D eigenvalue weighted by molar-refractivity contribution is 0.481. The second-order valence-corrected chi connectivity index (χ2v) is 6.40. The van der Waals surface area contributed by atoms with Crippen molar-refractivity contribution in [3.05, 3.63) is 66.2 Å². The Labute approximate surface area is 149 Å². The molecule has 2 aromatic heterocycles. The minimum Gasteiger partial charge on any atom is -0.507 e. The Bertz CT molecular complexity index is 1150. The van der Waals surface area contributed by atoms with Crippen molar-refractivity contribution in [1.29, 1.82) is 0 Å². The fraction of sp³-hybridized carbons (Fsp3) is 0.150. The number of phenolic OH excluding ortho intramolecular Hbond substituents is 1. The lowest BCUT2D eigenvalue weighted by Gasteiger charge is -2.04. The molecule has 0 radical (unpaired) electrons. The van der Waals surface area contributed by atoms with Crippen molar-refractivity contribution < 1.29 is 9.50 Å². The molecule has 130 valence electrons. The summed E-state index contributed by atoms with van der Waals surface area (Å²) in [6, 6.07) is 13.7. The maximum atomic E-state index is 13.7. The van der Waals surface area contributed by atoms with E-state index in [4.69, 9.17) is 0 Å². The first kappa shape index (κ1) is 16.2. The van der Waals surface area contributed by atoms with Crippen LogP contribution in [0.25, 0.3) is 16.4 Å². The molecule has 1 N–H and O–H groups in total. The van der Waals surface area contributed by atoms with Gasteiger partial charge in [-0.15, -0.1) is 10.2 Å². The molecular weight excluding hydrogens is 331 g/mol. The smallest absolute Gasteiger partial charge is 0.183 e. The summed E-state index contributed by atoms with van der Waals surface area (Å²) in [6.45, 7) is 4.01. The summed E-state index contributed by atoms with van der Waals surface area (Å²) in [7, 11) is 0. The Morgan fingerprint density at radius 2 is 1.77 bits per heavy atom. The Kier molecular flexibility index (Phi) is 3.88. The molecule has 0 amide bonds. The predicted octanol–water partition coefficient (Wildman–Crippen LogP) is 5.87. The van der Waals surface area contributed by atoms with E-state index in [0.29, 0.717) is 22.5 Å². The summed E-state index contributed by atoms with van der Waals surface area (Å²) in [5.41, 5.74) is 2.00. The van der Waals surface area contributed by atoms with E-state index in [2.05, 4.69) is 15.2 Å². The third-order valence-electron chi connectivity index (χ3n) is 4.26. The molecule has 0 aliphatic heterocycles. The number of nitrogens with zero attached hydrogens (tertiary/aromatic N) is 4. The largest absolute Gasteiger partial charge is 0.507 e. The van der Waals surface area contributed by atoms with Gasteiger partial charge in [-0.3, -0.25) is 4.40 Å². The van der Waals surface area contributed by atoms with Gasteiger partial charge < -0.3 is 5.11 Å². The van der Waals surface area contributed by atoms with E-state index in [9.17, 15) is 9.50 Å². The number of rotatable bonds is 3. The van der Waals surface area contributed by atoms with Gasteiger partial charge in [-0.2, -0.15) is 0 Å². The van der Waals surface area contributed by atoms with E-state index in [1.165, 1.54) is 12.3 Å². The number of pyridine rings is 1. The van der Waals surface area contributed by atoms with Gasteiger partial charge in [0.25, 0.3) is 0 Å². The van der Waals surface area contributed by atoms with E-state index in [-0.39, 0.29) is 17.5 Å². The number of azo groups is 1. The fourth-order valence-corrected chi connectivity index (χ4v) is 2.98. The Morgan fingerprint density at radius 1 is 1.00 bits per heavy atom. The van der Waals surface area contributed by atoms with Crippen LogP contribution in [-0.4, -0.2) is 14.5 Å². The fourth-order valence-electron chi connectivity index (χ4n) is 2.98. The molecule has 5 nitrogen and oxygen atoms in total. The van der Waals surface area contributed by atoms with Crippen molar-refractivity contribution in [2.75, 3.05) is 0 Å². The molecule has 0 unspecified atom stereocenters. The molecule has 0 spiro atoms. The summed E-state index contributed by atoms with van der Waals surface area (Å²) in [6.07, 6.45) is 1.36. The molecule has 4 aromatic rings. The van der Waals surface area contributed by atoms with E-state index in [1.54, 1.807) is 22.6 Å². The zero-order valence-electron chi connectivity index (χ0n) is 14.4. The second-order valence-electron chi connectivity index (χ2n) is 6.40. The minimum atomic E-state index is -0.364. The van der Waals surface area contributed by atoms with Crippen molar-refractivity contribution in [3.63, 3.8) is 0 Å². The third kappa shape index (κ3) is 2.69. The average molecular weight is 348 g/mol. The highest BCUT2D eigenvalue weighted by Crippen LogP contribution is 2.34. The highest BCUT2D eigenvalue weighted by molar-refractivity contribution is 5.96. The molecule has 26 heavy (non-hydrogen) atoms. The number of halogens is 1. The van der Waals surface area contributed by atoms with Crippen molar-refractivity contribution >= 4 is 27.9 Å². The standard InChI is InChI=1S/C20H17FN4O/c1-12(2)19-20(25-11-13(21)9-10-18(25)22-19)24-23-16-7-3-6-15-14(16)5-4-8-17(15)26/h3-12,26H,1-2H3. The number of aromatic hydroxyl groups is 1. The van der Waals surface area contributed by atoms with Crippen molar-refractivity contribution in [1.82, 2.24) is 9.38 Å². The van der Waals surface area contributed by atoms with Gasteiger partial charge in [0.2, 0.25) is 0 Å². The summed E-state index contributed by atoms with van der Waals surface area (Å²) >= 11 is 0. The molecular formula is C20H17FN4O. The van der Waals surface area contributed by atoms with Crippen LogP contribution in [0.4, 0.5) is 15.9 Å². The number of hydrogen-bond acceptors (Lipinski definition) is 4. The third-order valence-corrected chi connectivity index (χ3v) is 4.26. The maximum absolute atomic E-state index is 13.7. The topological polar surface area (TPSA) is 62.2 Å². The number of fused-ring (bicyclic) bond motifs is 2. The summed E-state index contributed by atoms with van der Waals surface area (Å²) in [5, 5.41) is 20.3. The number of hydrogen-bond donors (Lipinski definition) is 1. The highest BCUT2D eigenvalue weighted by atomic mass is 19.1. The summed E-state index contributed by atoms with van der Waals surface area (Å²) in [5.74, 6) is 0.450. The number of benzene rings is 2. The minimum absolute atomic E-state index is 0.114. The Morgan fingerprint density at radius 3 is 2.58 bits per heavy atom. The SMILES string of the molecule is CC(C)c1nc2ccc(F)cn2c1N=Nc1cccc2c(O)cccc12. The van der Waals surface area contributed by atoms with Crippen LogP contribution in [0.15, 0.2) is 65.0 Å². The molecule has 4 rings (SSSR count). The Balaban J connectivity index is 1.89. The van der Waals surface area contributed by atoms with Gasteiger partial charge >= 0.3 is 0 Å². The first-order chi connectivity index (χ1) is 12.5.